The highest BCUT2D eigenvalue weighted by Gasteiger charge is 2.38. The molecule has 2 aromatic rings. The van der Waals surface area contributed by atoms with Crippen molar-refractivity contribution in [3.05, 3.63) is 45.7 Å². The number of alkyl halides is 3. The Hall–Kier alpha value is -1.84. The van der Waals surface area contributed by atoms with Gasteiger partial charge in [-0.15, -0.1) is 0 Å². The van der Waals surface area contributed by atoms with Gasteiger partial charge in [0.15, 0.2) is 0 Å². The third-order valence-corrected chi connectivity index (χ3v) is 4.99. The highest BCUT2D eigenvalue weighted by atomic mass is 35.5. The fourth-order valence-corrected chi connectivity index (χ4v) is 3.89. The Morgan fingerprint density at radius 1 is 1.32 bits per heavy atom. The smallest absolute Gasteiger partial charge is 0.419 e. The lowest BCUT2D eigenvalue weighted by atomic mass is 10.2. The van der Waals surface area contributed by atoms with Crippen LogP contribution in [0.25, 0.3) is 0 Å². The summed E-state index contributed by atoms with van der Waals surface area (Å²) in [5.74, 6) is -0.742. The lowest BCUT2D eigenvalue weighted by Crippen LogP contribution is -2.20. The van der Waals surface area contributed by atoms with Gasteiger partial charge in [0.2, 0.25) is 4.90 Å². The quantitative estimate of drug-likeness (QED) is 0.601. The number of halogens is 4. The first-order valence-corrected chi connectivity index (χ1v) is 8.42. The summed E-state index contributed by atoms with van der Waals surface area (Å²) in [6.45, 7) is 3.12. The van der Waals surface area contributed by atoms with Crippen molar-refractivity contribution in [1.82, 2.24) is 4.98 Å². The van der Waals surface area contributed by atoms with Crippen LogP contribution in [0.4, 0.5) is 18.9 Å². The van der Waals surface area contributed by atoms with Crippen molar-refractivity contribution in [2.24, 2.45) is 0 Å². The molecule has 0 aliphatic rings. The van der Waals surface area contributed by atoms with Gasteiger partial charge in [-0.1, -0.05) is 17.7 Å². The highest BCUT2D eigenvalue weighted by molar-refractivity contribution is 7.92. The third-order valence-electron chi connectivity index (χ3n) is 3.39. The second-order valence-corrected chi connectivity index (χ2v) is 6.66. The van der Waals surface area contributed by atoms with E-state index < -0.39 is 39.8 Å². The third kappa shape index (κ3) is 3.88. The molecule has 2 N–H and O–H groups in total. The molecule has 1 heterocycles. The van der Waals surface area contributed by atoms with E-state index in [-0.39, 0.29) is 10.5 Å². The molecule has 1 unspecified atom stereocenters. The van der Waals surface area contributed by atoms with Gasteiger partial charge in [-0.3, -0.25) is 0 Å². The number of hydrogen-bond donors (Lipinski definition) is 2. The Morgan fingerprint density at radius 3 is 2.52 bits per heavy atom. The Balaban J connectivity index is 2.48. The molecule has 0 saturated carbocycles. The molecule has 0 aliphatic carbocycles. The predicted molar refractivity (Wildman–Crippen MR) is 88.1 cm³/mol. The van der Waals surface area contributed by atoms with Gasteiger partial charge in [-0.2, -0.15) is 13.2 Å². The molecule has 0 fully saturated rings. The minimum absolute atomic E-state index is 0.0152. The van der Waals surface area contributed by atoms with Crippen molar-refractivity contribution < 1.29 is 27.3 Å². The SMILES string of the molecule is COC(=O)c1c(C)[nH]c(C)c1[S+]([O-])Nc1cccc(Cl)c1C(F)(F)F. The van der Waals surface area contributed by atoms with Crippen LogP contribution in [0.15, 0.2) is 23.1 Å². The first kappa shape index (κ1) is 19.5. The van der Waals surface area contributed by atoms with E-state index in [4.69, 9.17) is 11.6 Å². The maximum atomic E-state index is 13.2. The molecule has 1 atom stereocenters. The molecule has 5 nitrogen and oxygen atoms in total. The number of methoxy groups -OCH3 is 1. The molecule has 0 bridgehead atoms. The van der Waals surface area contributed by atoms with Crippen LogP contribution in [-0.2, 0) is 22.3 Å². The highest BCUT2D eigenvalue weighted by Crippen LogP contribution is 2.40. The molecule has 2 rings (SSSR count). The monoisotopic (exact) mass is 394 g/mol. The summed E-state index contributed by atoms with van der Waals surface area (Å²) in [5.41, 5.74) is -0.792. The number of rotatable bonds is 4. The van der Waals surface area contributed by atoms with Gasteiger partial charge in [0.1, 0.15) is 22.5 Å². The van der Waals surface area contributed by atoms with Gasteiger partial charge in [0, 0.05) is 5.69 Å². The number of aromatic nitrogens is 1. The molecule has 136 valence electrons. The van der Waals surface area contributed by atoms with Crippen LogP contribution in [0.2, 0.25) is 5.02 Å². The first-order chi connectivity index (χ1) is 11.6. The summed E-state index contributed by atoms with van der Waals surface area (Å²) in [5, 5.41) is -0.523. The molecule has 1 aromatic carbocycles. The topological polar surface area (TPSA) is 77.2 Å². The van der Waals surface area contributed by atoms with Gasteiger partial charge in [0.25, 0.3) is 0 Å². The van der Waals surface area contributed by atoms with Gasteiger partial charge in [0.05, 0.1) is 23.5 Å². The van der Waals surface area contributed by atoms with E-state index in [2.05, 4.69) is 14.4 Å². The number of anilines is 1. The van der Waals surface area contributed by atoms with E-state index in [0.717, 1.165) is 19.2 Å². The van der Waals surface area contributed by atoms with E-state index >= 15 is 0 Å². The molecule has 1 aromatic heterocycles. The normalized spacial score (nSPS) is 12.8. The zero-order valence-corrected chi connectivity index (χ0v) is 14.9. The minimum atomic E-state index is -4.74. The maximum absolute atomic E-state index is 13.2. The number of aryl methyl sites for hydroxylation is 2. The maximum Gasteiger partial charge on any atom is 0.419 e. The van der Waals surface area contributed by atoms with Crippen LogP contribution in [0, 0.1) is 13.8 Å². The summed E-state index contributed by atoms with van der Waals surface area (Å²) in [4.78, 5) is 14.8. The molecular formula is C15H14ClF3N2O3S. The number of ether oxygens (including phenoxy) is 1. The van der Waals surface area contributed by atoms with E-state index in [1.54, 1.807) is 13.8 Å². The zero-order valence-electron chi connectivity index (χ0n) is 13.4. The summed E-state index contributed by atoms with van der Waals surface area (Å²) < 4.78 is 59.2. The molecule has 0 saturated heterocycles. The molecule has 0 aliphatic heterocycles. The van der Waals surface area contributed by atoms with Crippen molar-refractivity contribution >= 4 is 34.6 Å². The molecular weight excluding hydrogens is 381 g/mol. The predicted octanol–water partition coefficient (Wildman–Crippen LogP) is 4.23. The first-order valence-electron chi connectivity index (χ1n) is 6.89. The van der Waals surface area contributed by atoms with Crippen LogP contribution >= 0.6 is 11.6 Å². The number of nitrogens with one attached hydrogen (secondary N) is 2. The standard InChI is InChI=1S/C15H14ClF3N2O3S/c1-7-11(14(22)24-3)13(8(2)20-7)25(23)21-10-6-4-5-9(16)12(10)15(17,18)19/h4-6,20-21H,1-3H3. The lowest BCUT2D eigenvalue weighted by molar-refractivity contribution is -0.136. The van der Waals surface area contributed by atoms with E-state index in [1.807, 2.05) is 0 Å². The molecule has 0 radical (unpaired) electrons. The second kappa shape index (κ2) is 7.19. The summed E-state index contributed by atoms with van der Waals surface area (Å²) >= 11 is 3.49. The number of carbonyl (C=O) groups excluding carboxylic acids is 1. The average molecular weight is 395 g/mol. The summed E-state index contributed by atoms with van der Waals surface area (Å²) in [6, 6.07) is 3.50. The zero-order chi connectivity index (χ0) is 18.9. The Bertz CT molecular complexity index is 808. The second-order valence-electron chi connectivity index (χ2n) is 5.10. The van der Waals surface area contributed by atoms with Gasteiger partial charge >= 0.3 is 12.1 Å². The van der Waals surface area contributed by atoms with Crippen molar-refractivity contribution in [2.75, 3.05) is 11.8 Å². The van der Waals surface area contributed by atoms with Crippen LogP contribution in [-0.4, -0.2) is 22.6 Å². The molecule has 25 heavy (non-hydrogen) atoms. The Morgan fingerprint density at radius 2 is 1.96 bits per heavy atom. The summed E-state index contributed by atoms with van der Waals surface area (Å²) in [6.07, 6.45) is -4.74. The number of carbonyl (C=O) groups is 1. The number of H-pyrrole nitrogens is 1. The van der Waals surface area contributed by atoms with E-state index in [0.29, 0.717) is 11.4 Å². The lowest BCUT2D eigenvalue weighted by Gasteiger charge is -2.17. The number of benzene rings is 1. The van der Waals surface area contributed by atoms with Crippen molar-refractivity contribution in [2.45, 2.75) is 24.9 Å². The Labute approximate surface area is 149 Å². The number of esters is 1. The fraction of sp³-hybridized carbons (Fsp3) is 0.267. The van der Waals surface area contributed by atoms with E-state index in [1.165, 1.54) is 6.07 Å². The van der Waals surface area contributed by atoms with Crippen molar-refractivity contribution in [1.29, 1.82) is 0 Å². The van der Waals surface area contributed by atoms with Gasteiger partial charge in [-0.25, -0.2) is 9.52 Å². The Kier molecular flexibility index (Phi) is 5.60. The van der Waals surface area contributed by atoms with Crippen LogP contribution in [0.5, 0.6) is 0 Å². The molecule has 0 spiro atoms. The van der Waals surface area contributed by atoms with Crippen LogP contribution < -0.4 is 4.72 Å². The minimum Gasteiger partial charge on any atom is -0.588 e. The molecule has 10 heteroatoms. The van der Waals surface area contributed by atoms with Crippen molar-refractivity contribution in [3.8, 4) is 0 Å². The summed E-state index contributed by atoms with van der Waals surface area (Å²) in [7, 11) is 1.16. The van der Waals surface area contributed by atoms with Gasteiger partial charge in [-0.05, 0) is 26.0 Å². The number of hydrogen-bond acceptors (Lipinski definition) is 4. The molecule has 0 amide bonds. The fourth-order valence-electron chi connectivity index (χ4n) is 2.39. The number of aromatic amines is 1. The van der Waals surface area contributed by atoms with Crippen molar-refractivity contribution in [3.63, 3.8) is 0 Å². The average Bonchev–Trinajstić information content (AvgIpc) is 2.79. The van der Waals surface area contributed by atoms with Gasteiger partial charge < -0.3 is 14.3 Å². The largest absolute Gasteiger partial charge is 0.588 e. The van der Waals surface area contributed by atoms with E-state index in [9.17, 15) is 22.5 Å². The van der Waals surface area contributed by atoms with Crippen LogP contribution in [0.3, 0.4) is 0 Å². The van der Waals surface area contributed by atoms with Crippen LogP contribution in [0.1, 0.15) is 27.3 Å².